The van der Waals surface area contributed by atoms with Crippen LogP contribution in [0.1, 0.15) is 25.7 Å². The molecule has 19 heavy (non-hydrogen) atoms. The number of carboxylic acids is 1. The molecule has 0 bridgehead atoms. The molecule has 0 aromatic rings. The van der Waals surface area contributed by atoms with Gasteiger partial charge in [-0.1, -0.05) is 6.42 Å². The molecular formula is C13H19FN2O3. The molecular weight excluding hydrogens is 251 g/mol. The van der Waals surface area contributed by atoms with Gasteiger partial charge in [0.05, 0.1) is 5.41 Å². The summed E-state index contributed by atoms with van der Waals surface area (Å²) in [7, 11) is 0. The van der Waals surface area contributed by atoms with Crippen molar-refractivity contribution in [2.24, 2.45) is 11.3 Å². The van der Waals surface area contributed by atoms with Crippen LogP contribution in [0.15, 0.2) is 0 Å². The largest absolute Gasteiger partial charge is 0.481 e. The van der Waals surface area contributed by atoms with Gasteiger partial charge in [-0.05, 0) is 19.4 Å². The lowest BCUT2D eigenvalue weighted by Crippen LogP contribution is -2.51. The molecule has 5 nitrogen and oxygen atoms in total. The van der Waals surface area contributed by atoms with Crippen LogP contribution < -0.4 is 5.32 Å². The molecule has 2 heterocycles. The van der Waals surface area contributed by atoms with Gasteiger partial charge in [0.1, 0.15) is 0 Å². The molecule has 1 saturated carbocycles. The lowest BCUT2D eigenvalue weighted by Gasteiger charge is -2.40. The molecule has 2 atom stereocenters. The Morgan fingerprint density at radius 2 is 2.21 bits per heavy atom. The predicted octanol–water partition coefficient (Wildman–Crippen LogP) is 0.401. The van der Waals surface area contributed by atoms with Crippen molar-refractivity contribution in [3.05, 3.63) is 0 Å². The Bertz CT molecular complexity index is 424. The highest BCUT2D eigenvalue weighted by Gasteiger charge is 2.58. The quantitative estimate of drug-likeness (QED) is 0.779. The number of likely N-dealkylation sites (tertiary alicyclic amines) is 1. The molecule has 106 valence electrons. The number of nitrogens with one attached hydrogen (secondary N) is 1. The van der Waals surface area contributed by atoms with Gasteiger partial charge in [-0.3, -0.25) is 9.59 Å². The monoisotopic (exact) mass is 270 g/mol. The molecule has 1 amide bonds. The third kappa shape index (κ3) is 1.76. The number of aliphatic carboxylic acids is 1. The van der Waals surface area contributed by atoms with Crippen LogP contribution in [0.3, 0.4) is 0 Å². The molecule has 0 aromatic heterocycles. The van der Waals surface area contributed by atoms with Gasteiger partial charge in [-0.2, -0.15) is 0 Å². The molecule has 2 N–H and O–H groups in total. The molecule has 6 heteroatoms. The highest BCUT2D eigenvalue weighted by Crippen LogP contribution is 2.45. The number of carbonyl (C=O) groups is 2. The normalized spacial score (nSPS) is 36.8. The maximum Gasteiger partial charge on any atom is 0.311 e. The van der Waals surface area contributed by atoms with Crippen LogP contribution in [0.5, 0.6) is 0 Å². The summed E-state index contributed by atoms with van der Waals surface area (Å²) < 4.78 is 14.7. The van der Waals surface area contributed by atoms with Crippen molar-refractivity contribution in [3.63, 3.8) is 0 Å². The second kappa shape index (κ2) is 4.16. The standard InChI is InChI=1S/C13H19FN2O3/c14-13-4-5-15-6-9(13)7-16(10(13)17)8-12(11(18)19)2-1-3-12/h9,15H,1-8H2,(H,18,19)/t9-,13+/m0/s1. The molecule has 0 aromatic carbocycles. The summed E-state index contributed by atoms with van der Waals surface area (Å²) in [5, 5.41) is 12.4. The number of halogens is 1. The third-order valence-corrected chi connectivity index (χ3v) is 5.04. The van der Waals surface area contributed by atoms with Gasteiger partial charge in [-0.25, -0.2) is 4.39 Å². The summed E-state index contributed by atoms with van der Waals surface area (Å²) in [5.41, 5.74) is -2.60. The van der Waals surface area contributed by atoms with Crippen molar-refractivity contribution in [2.75, 3.05) is 26.2 Å². The van der Waals surface area contributed by atoms with Crippen LogP contribution in [-0.2, 0) is 9.59 Å². The number of carboxylic acid groups (broad SMARTS) is 1. The van der Waals surface area contributed by atoms with Crippen LogP contribution in [0.4, 0.5) is 4.39 Å². The Hall–Kier alpha value is -1.17. The summed E-state index contributed by atoms with van der Waals surface area (Å²) in [6.07, 6.45) is 2.26. The summed E-state index contributed by atoms with van der Waals surface area (Å²) in [6, 6.07) is 0. The van der Waals surface area contributed by atoms with Crippen molar-refractivity contribution in [3.8, 4) is 0 Å². The number of amides is 1. The van der Waals surface area contributed by atoms with E-state index in [0.717, 1.165) is 6.42 Å². The smallest absolute Gasteiger partial charge is 0.311 e. The topological polar surface area (TPSA) is 69.6 Å². The first kappa shape index (κ1) is 12.8. The van der Waals surface area contributed by atoms with E-state index in [2.05, 4.69) is 5.32 Å². The molecule has 0 unspecified atom stereocenters. The van der Waals surface area contributed by atoms with E-state index in [1.807, 2.05) is 0 Å². The summed E-state index contributed by atoms with van der Waals surface area (Å²) >= 11 is 0. The number of hydrogen-bond donors (Lipinski definition) is 2. The predicted molar refractivity (Wildman–Crippen MR) is 65.3 cm³/mol. The molecule has 3 fully saturated rings. The average Bonchev–Trinajstić information content (AvgIpc) is 2.57. The first-order chi connectivity index (χ1) is 8.98. The van der Waals surface area contributed by atoms with Crippen molar-refractivity contribution in [1.29, 1.82) is 0 Å². The SMILES string of the molecule is O=C(O)C1(CN2C[C@@H]3CNCC[C@]3(F)C2=O)CCC1. The lowest BCUT2D eigenvalue weighted by atomic mass is 9.68. The van der Waals surface area contributed by atoms with Gasteiger partial charge in [0.15, 0.2) is 5.67 Å². The van der Waals surface area contributed by atoms with E-state index in [0.29, 0.717) is 32.5 Å². The Balaban J connectivity index is 1.76. The summed E-state index contributed by atoms with van der Waals surface area (Å²) in [6.45, 7) is 1.52. The zero-order valence-corrected chi connectivity index (χ0v) is 10.8. The van der Waals surface area contributed by atoms with E-state index in [9.17, 15) is 19.1 Å². The second-order valence-electron chi connectivity index (χ2n) is 6.14. The number of alkyl halides is 1. The van der Waals surface area contributed by atoms with Gasteiger partial charge < -0.3 is 15.3 Å². The van der Waals surface area contributed by atoms with E-state index in [4.69, 9.17) is 0 Å². The van der Waals surface area contributed by atoms with Gasteiger partial charge >= 0.3 is 5.97 Å². The first-order valence-corrected chi connectivity index (χ1v) is 6.90. The van der Waals surface area contributed by atoms with Crippen molar-refractivity contribution < 1.29 is 19.1 Å². The number of fused-ring (bicyclic) bond motifs is 1. The first-order valence-electron chi connectivity index (χ1n) is 6.90. The molecule has 3 aliphatic rings. The number of carbonyl (C=O) groups excluding carboxylic acids is 1. The fraction of sp³-hybridized carbons (Fsp3) is 0.846. The Morgan fingerprint density at radius 1 is 1.47 bits per heavy atom. The summed E-state index contributed by atoms with van der Waals surface area (Å²) in [5.74, 6) is -1.68. The Morgan fingerprint density at radius 3 is 2.74 bits per heavy atom. The molecule has 1 aliphatic carbocycles. The number of piperidine rings is 1. The summed E-state index contributed by atoms with van der Waals surface area (Å²) in [4.78, 5) is 25.0. The minimum Gasteiger partial charge on any atom is -0.481 e. The fourth-order valence-corrected chi connectivity index (χ4v) is 3.56. The second-order valence-corrected chi connectivity index (χ2v) is 6.14. The van der Waals surface area contributed by atoms with E-state index >= 15 is 0 Å². The molecule has 3 rings (SSSR count). The third-order valence-electron chi connectivity index (χ3n) is 5.04. The number of nitrogens with zero attached hydrogens (tertiary/aromatic N) is 1. The average molecular weight is 270 g/mol. The van der Waals surface area contributed by atoms with Crippen LogP contribution in [0, 0.1) is 11.3 Å². The van der Waals surface area contributed by atoms with Gasteiger partial charge in [0, 0.05) is 32.0 Å². The number of rotatable bonds is 3. The molecule has 2 saturated heterocycles. The van der Waals surface area contributed by atoms with E-state index in [1.54, 1.807) is 0 Å². The van der Waals surface area contributed by atoms with Gasteiger partial charge in [0.2, 0.25) is 0 Å². The van der Waals surface area contributed by atoms with Crippen molar-refractivity contribution in [2.45, 2.75) is 31.4 Å². The maximum atomic E-state index is 14.7. The minimum absolute atomic E-state index is 0.170. The van der Waals surface area contributed by atoms with Crippen LogP contribution in [-0.4, -0.2) is 53.7 Å². The highest BCUT2D eigenvalue weighted by atomic mass is 19.1. The van der Waals surface area contributed by atoms with Gasteiger partial charge in [0.25, 0.3) is 5.91 Å². The zero-order chi connectivity index (χ0) is 13.7. The highest BCUT2D eigenvalue weighted by molar-refractivity contribution is 5.89. The van der Waals surface area contributed by atoms with Crippen LogP contribution in [0.25, 0.3) is 0 Å². The van der Waals surface area contributed by atoms with Crippen LogP contribution in [0.2, 0.25) is 0 Å². The Kier molecular flexibility index (Phi) is 2.81. The minimum atomic E-state index is -1.77. The van der Waals surface area contributed by atoms with Crippen molar-refractivity contribution >= 4 is 11.9 Å². The zero-order valence-electron chi connectivity index (χ0n) is 10.8. The van der Waals surface area contributed by atoms with E-state index < -0.39 is 23.0 Å². The number of hydrogen-bond acceptors (Lipinski definition) is 3. The molecule has 0 spiro atoms. The van der Waals surface area contributed by atoms with Gasteiger partial charge in [-0.15, -0.1) is 0 Å². The Labute approximate surface area is 111 Å². The van der Waals surface area contributed by atoms with Crippen molar-refractivity contribution in [1.82, 2.24) is 10.2 Å². The fourth-order valence-electron chi connectivity index (χ4n) is 3.56. The maximum absolute atomic E-state index is 14.7. The van der Waals surface area contributed by atoms with Crippen LogP contribution >= 0.6 is 0 Å². The molecule has 2 aliphatic heterocycles. The van der Waals surface area contributed by atoms with E-state index in [1.165, 1.54) is 4.90 Å². The molecule has 0 radical (unpaired) electrons. The lowest BCUT2D eigenvalue weighted by molar-refractivity contribution is -0.158. The van der Waals surface area contributed by atoms with E-state index in [-0.39, 0.29) is 18.9 Å².